The number of rotatable bonds is 7. The fraction of sp³-hybridized carbons (Fsp3) is 0.200. The van der Waals surface area contributed by atoms with Gasteiger partial charge < -0.3 is 14.2 Å². The van der Waals surface area contributed by atoms with Gasteiger partial charge in [-0.15, -0.1) is 11.3 Å². The molecule has 4 aromatic rings. The Morgan fingerprint density at radius 1 is 0.875 bits per heavy atom. The monoisotopic (exact) mass is 480 g/mol. The molecule has 4 rings (SSSR count). The molecule has 7 nitrogen and oxygen atoms in total. The van der Waals surface area contributed by atoms with E-state index in [0.717, 1.165) is 22.3 Å². The summed E-state index contributed by atoms with van der Waals surface area (Å²) < 4.78 is 55.0. The van der Waals surface area contributed by atoms with Gasteiger partial charge in [0.1, 0.15) is 18.1 Å². The summed E-state index contributed by atoms with van der Waals surface area (Å²) in [6, 6.07) is 8.84. The van der Waals surface area contributed by atoms with E-state index in [-0.39, 0.29) is 23.3 Å². The highest BCUT2D eigenvalue weighted by Crippen LogP contribution is 2.34. The third kappa shape index (κ3) is 4.97. The first-order chi connectivity index (χ1) is 15.4. The Kier molecular flexibility index (Phi) is 6.24. The molecule has 0 spiro atoms. The number of nitrogens with zero attached hydrogens (tertiary/aromatic N) is 4. The van der Waals surface area contributed by atoms with Crippen molar-refractivity contribution in [3.05, 3.63) is 52.3 Å². The molecule has 12 heteroatoms. The van der Waals surface area contributed by atoms with Crippen LogP contribution in [0.25, 0.3) is 22.2 Å². The summed E-state index contributed by atoms with van der Waals surface area (Å²) in [4.78, 5) is 16.6. The molecule has 0 aliphatic carbocycles. The summed E-state index contributed by atoms with van der Waals surface area (Å²) >= 11 is 2.07. The van der Waals surface area contributed by atoms with Crippen LogP contribution < -0.4 is 14.2 Å². The molecule has 0 bridgehead atoms. The molecule has 166 valence electrons. The zero-order chi connectivity index (χ0) is 22.7. The number of methoxy groups -OCH3 is 2. The number of thiazole rings is 2. The van der Waals surface area contributed by atoms with E-state index >= 15 is 0 Å². The molecule has 0 atom stereocenters. The number of aromatic nitrogens is 4. The molecule has 0 aliphatic heterocycles. The van der Waals surface area contributed by atoms with E-state index in [0.29, 0.717) is 22.3 Å². The summed E-state index contributed by atoms with van der Waals surface area (Å²) in [7, 11) is 3.07. The average molecular weight is 480 g/mol. The van der Waals surface area contributed by atoms with Gasteiger partial charge in [-0.25, -0.2) is 15.0 Å². The van der Waals surface area contributed by atoms with Crippen LogP contribution in [0.5, 0.6) is 16.8 Å². The van der Waals surface area contributed by atoms with Gasteiger partial charge >= 0.3 is 6.18 Å². The Bertz CT molecular complexity index is 1210. The van der Waals surface area contributed by atoms with Crippen LogP contribution in [0.15, 0.2) is 41.1 Å². The van der Waals surface area contributed by atoms with Gasteiger partial charge in [-0.1, -0.05) is 23.5 Å². The molecule has 1 aromatic carbocycles. The van der Waals surface area contributed by atoms with Crippen molar-refractivity contribution in [3.8, 4) is 39.0 Å². The van der Waals surface area contributed by atoms with Crippen molar-refractivity contribution in [2.45, 2.75) is 12.8 Å². The maximum absolute atomic E-state index is 13.0. The Morgan fingerprint density at radius 3 is 2.28 bits per heavy atom. The molecule has 3 heterocycles. The summed E-state index contributed by atoms with van der Waals surface area (Å²) in [5.74, 6) is 0.901. The molecule has 0 saturated carbocycles. The fourth-order valence-electron chi connectivity index (χ4n) is 2.58. The van der Waals surface area contributed by atoms with Crippen molar-refractivity contribution in [3.63, 3.8) is 0 Å². The molecule has 0 fully saturated rings. The predicted octanol–water partition coefficient (Wildman–Crippen LogP) is 5.34. The van der Waals surface area contributed by atoms with Crippen LogP contribution in [0.4, 0.5) is 13.2 Å². The van der Waals surface area contributed by atoms with Crippen LogP contribution in [0, 0.1) is 0 Å². The third-order valence-electron chi connectivity index (χ3n) is 4.15. The van der Waals surface area contributed by atoms with Crippen molar-refractivity contribution in [1.82, 2.24) is 19.9 Å². The molecule has 0 amide bonds. The summed E-state index contributed by atoms with van der Waals surface area (Å²) in [6.07, 6.45) is -4.55. The molecule has 3 aromatic heterocycles. The Morgan fingerprint density at radius 2 is 1.66 bits per heavy atom. The van der Waals surface area contributed by atoms with E-state index < -0.39 is 11.9 Å². The molecule has 0 saturated heterocycles. The topological polar surface area (TPSA) is 79.2 Å². The first-order valence-electron chi connectivity index (χ1n) is 9.03. The fourth-order valence-corrected chi connectivity index (χ4v) is 3.97. The first kappa shape index (κ1) is 22.0. The van der Waals surface area contributed by atoms with E-state index in [1.54, 1.807) is 30.7 Å². The zero-order valence-electron chi connectivity index (χ0n) is 16.7. The van der Waals surface area contributed by atoms with E-state index in [1.165, 1.54) is 18.4 Å². The predicted molar refractivity (Wildman–Crippen MR) is 113 cm³/mol. The largest absolute Gasteiger partial charge is 0.497 e. The number of halogens is 3. The number of ether oxygens (including phenoxy) is 3. The van der Waals surface area contributed by atoms with Crippen molar-refractivity contribution in [2.75, 3.05) is 14.2 Å². The minimum atomic E-state index is -4.55. The lowest BCUT2D eigenvalue weighted by atomic mass is 10.2. The minimum Gasteiger partial charge on any atom is -0.497 e. The Hall–Kier alpha value is -3.25. The van der Waals surface area contributed by atoms with Crippen LogP contribution in [0.3, 0.4) is 0 Å². The highest BCUT2D eigenvalue weighted by atomic mass is 32.1. The molecule has 0 N–H and O–H groups in total. The minimum absolute atomic E-state index is 0.0136. The van der Waals surface area contributed by atoms with Gasteiger partial charge in [-0.2, -0.15) is 18.2 Å². The molecular formula is C20H15F3N4O3S2. The summed E-state index contributed by atoms with van der Waals surface area (Å²) in [6.45, 7) is 0.186. The standard InChI is InChI=1S/C20H15F3N4O3S2/c1-28-12-5-3-11(4-6-12)8-30-16-7-13(14-9-32-19(25-14)29-2)24-17(27-16)18-26-15(10-31-18)20(21,22)23/h3-7,9-10H,8H2,1-2H3. The van der Waals surface area contributed by atoms with Crippen molar-refractivity contribution in [2.24, 2.45) is 0 Å². The first-order valence-corrected chi connectivity index (χ1v) is 10.8. The highest BCUT2D eigenvalue weighted by Gasteiger charge is 2.34. The van der Waals surface area contributed by atoms with Crippen molar-refractivity contribution < 1.29 is 27.4 Å². The SMILES string of the molecule is COc1ccc(COc2cc(-c3csc(OC)n3)nc(-c3nc(C(F)(F)F)cs3)n2)cc1. The zero-order valence-corrected chi connectivity index (χ0v) is 18.3. The average Bonchev–Trinajstić information content (AvgIpc) is 3.48. The van der Waals surface area contributed by atoms with Crippen molar-refractivity contribution >= 4 is 22.7 Å². The van der Waals surface area contributed by atoms with Gasteiger partial charge in [-0.05, 0) is 17.7 Å². The summed E-state index contributed by atoms with van der Waals surface area (Å²) in [5.41, 5.74) is 0.722. The Balaban J connectivity index is 1.67. The molecular weight excluding hydrogens is 465 g/mol. The second kappa shape index (κ2) is 9.09. The lowest BCUT2D eigenvalue weighted by Crippen LogP contribution is -2.05. The van der Waals surface area contributed by atoms with Gasteiger partial charge in [0.05, 0.1) is 19.9 Å². The highest BCUT2D eigenvalue weighted by molar-refractivity contribution is 7.13. The van der Waals surface area contributed by atoms with Gasteiger partial charge in [-0.3, -0.25) is 0 Å². The second-order valence-electron chi connectivity index (χ2n) is 6.29. The number of hydrogen-bond donors (Lipinski definition) is 0. The van der Waals surface area contributed by atoms with Crippen LogP contribution in [-0.2, 0) is 12.8 Å². The van der Waals surface area contributed by atoms with Crippen molar-refractivity contribution in [1.29, 1.82) is 0 Å². The maximum Gasteiger partial charge on any atom is 0.434 e. The van der Waals surface area contributed by atoms with E-state index in [9.17, 15) is 13.2 Å². The van der Waals surface area contributed by atoms with E-state index in [2.05, 4.69) is 19.9 Å². The number of alkyl halides is 3. The van der Waals surface area contributed by atoms with E-state index in [1.807, 2.05) is 12.1 Å². The number of benzene rings is 1. The Labute approximate surface area is 188 Å². The van der Waals surface area contributed by atoms with Gasteiger partial charge in [0, 0.05) is 16.8 Å². The van der Waals surface area contributed by atoms with Gasteiger partial charge in [0.25, 0.3) is 5.19 Å². The third-order valence-corrected chi connectivity index (χ3v) is 5.79. The molecule has 32 heavy (non-hydrogen) atoms. The second-order valence-corrected chi connectivity index (χ2v) is 7.97. The summed E-state index contributed by atoms with van der Waals surface area (Å²) in [5, 5.41) is 3.10. The molecule has 0 aliphatic rings. The van der Waals surface area contributed by atoms with Crippen LogP contribution in [0.2, 0.25) is 0 Å². The maximum atomic E-state index is 13.0. The number of hydrogen-bond acceptors (Lipinski definition) is 9. The van der Waals surface area contributed by atoms with Gasteiger partial charge in [0.15, 0.2) is 16.5 Å². The smallest absolute Gasteiger partial charge is 0.434 e. The quantitative estimate of drug-likeness (QED) is 0.353. The van der Waals surface area contributed by atoms with Gasteiger partial charge in [0.2, 0.25) is 5.88 Å². The normalized spacial score (nSPS) is 11.4. The van der Waals surface area contributed by atoms with Crippen LogP contribution in [-0.4, -0.2) is 34.2 Å². The molecule has 0 unspecified atom stereocenters. The molecule has 0 radical (unpaired) electrons. The lowest BCUT2D eigenvalue weighted by Gasteiger charge is -2.09. The van der Waals surface area contributed by atoms with Crippen LogP contribution in [0.1, 0.15) is 11.3 Å². The van der Waals surface area contributed by atoms with E-state index in [4.69, 9.17) is 14.2 Å². The lowest BCUT2D eigenvalue weighted by molar-refractivity contribution is -0.140. The van der Waals surface area contributed by atoms with Crippen LogP contribution >= 0.6 is 22.7 Å².